The molecule has 0 radical (unpaired) electrons. The van der Waals surface area contributed by atoms with Crippen LogP contribution in [0.4, 0.5) is 5.82 Å². The molecule has 5 heteroatoms. The highest BCUT2D eigenvalue weighted by Gasteiger charge is 2.44. The van der Waals surface area contributed by atoms with Crippen LogP contribution in [0.25, 0.3) is 0 Å². The molecule has 2 aliphatic heterocycles. The van der Waals surface area contributed by atoms with Crippen molar-refractivity contribution in [2.45, 2.75) is 26.3 Å². The van der Waals surface area contributed by atoms with Crippen molar-refractivity contribution < 1.29 is 0 Å². The molecule has 0 aliphatic carbocycles. The highest BCUT2D eigenvalue weighted by molar-refractivity contribution is 5.58. The van der Waals surface area contributed by atoms with E-state index in [9.17, 15) is 5.26 Å². The predicted molar refractivity (Wildman–Crippen MR) is 73.9 cm³/mol. The van der Waals surface area contributed by atoms with E-state index in [2.05, 4.69) is 28.3 Å². The number of hydrogen-bond acceptors (Lipinski definition) is 4. The van der Waals surface area contributed by atoms with Gasteiger partial charge in [-0.15, -0.1) is 0 Å². The second-order valence-electron chi connectivity index (χ2n) is 5.73. The van der Waals surface area contributed by atoms with Crippen LogP contribution < -0.4 is 10.2 Å². The van der Waals surface area contributed by atoms with Crippen molar-refractivity contribution in [1.82, 2.24) is 15.1 Å². The maximum Gasteiger partial charge on any atom is 0.145 e. The molecule has 0 saturated carbocycles. The molecule has 3 rings (SSSR count). The number of nitrogens with one attached hydrogen (secondary N) is 1. The lowest BCUT2D eigenvalue weighted by Gasteiger charge is -2.28. The molecule has 0 bridgehead atoms. The monoisotopic (exact) mass is 259 g/mol. The SMILES string of the molecule is CCC1C2CNCC2CN1c1c(C#N)c(C)nn1C. The van der Waals surface area contributed by atoms with Gasteiger partial charge in [0.2, 0.25) is 0 Å². The van der Waals surface area contributed by atoms with E-state index in [1.54, 1.807) is 0 Å². The molecule has 3 atom stereocenters. The zero-order valence-corrected chi connectivity index (χ0v) is 11.8. The van der Waals surface area contributed by atoms with Crippen molar-refractivity contribution in [1.29, 1.82) is 5.26 Å². The van der Waals surface area contributed by atoms with Gasteiger partial charge < -0.3 is 10.2 Å². The van der Waals surface area contributed by atoms with E-state index in [-0.39, 0.29) is 0 Å². The lowest BCUT2D eigenvalue weighted by molar-refractivity contribution is 0.440. The Morgan fingerprint density at radius 1 is 1.47 bits per heavy atom. The van der Waals surface area contributed by atoms with Crippen LogP contribution in [-0.4, -0.2) is 35.5 Å². The zero-order chi connectivity index (χ0) is 13.6. The predicted octanol–water partition coefficient (Wildman–Crippen LogP) is 1.03. The summed E-state index contributed by atoms with van der Waals surface area (Å²) in [6.07, 6.45) is 1.12. The number of anilines is 1. The summed E-state index contributed by atoms with van der Waals surface area (Å²) in [7, 11) is 1.95. The number of fused-ring (bicyclic) bond motifs is 1. The fourth-order valence-electron chi connectivity index (χ4n) is 3.90. The highest BCUT2D eigenvalue weighted by Crippen LogP contribution is 2.38. The fourth-order valence-corrected chi connectivity index (χ4v) is 3.90. The van der Waals surface area contributed by atoms with Crippen LogP contribution in [0.3, 0.4) is 0 Å². The first-order chi connectivity index (χ1) is 9.17. The van der Waals surface area contributed by atoms with Crippen LogP contribution in [0.15, 0.2) is 0 Å². The minimum atomic E-state index is 0.530. The van der Waals surface area contributed by atoms with Gasteiger partial charge in [-0.3, -0.25) is 4.68 Å². The van der Waals surface area contributed by atoms with Gasteiger partial charge in [-0.1, -0.05) is 6.92 Å². The van der Waals surface area contributed by atoms with E-state index in [4.69, 9.17) is 0 Å². The average molecular weight is 259 g/mol. The summed E-state index contributed by atoms with van der Waals surface area (Å²) in [5, 5.41) is 17.3. The number of nitrogens with zero attached hydrogens (tertiary/aromatic N) is 4. The summed E-state index contributed by atoms with van der Waals surface area (Å²) in [6.45, 7) is 7.42. The third-order valence-corrected chi connectivity index (χ3v) is 4.71. The minimum Gasteiger partial charge on any atom is -0.352 e. The van der Waals surface area contributed by atoms with E-state index < -0.39 is 0 Å². The van der Waals surface area contributed by atoms with Crippen LogP contribution in [-0.2, 0) is 7.05 Å². The molecule has 0 spiro atoms. The molecule has 2 fully saturated rings. The number of hydrogen-bond donors (Lipinski definition) is 1. The van der Waals surface area contributed by atoms with Gasteiger partial charge in [-0.2, -0.15) is 10.4 Å². The molecule has 5 nitrogen and oxygen atoms in total. The van der Waals surface area contributed by atoms with Crippen molar-refractivity contribution >= 4 is 5.82 Å². The van der Waals surface area contributed by atoms with Gasteiger partial charge >= 0.3 is 0 Å². The first-order valence-electron chi connectivity index (χ1n) is 7.08. The smallest absolute Gasteiger partial charge is 0.145 e. The van der Waals surface area contributed by atoms with Crippen molar-refractivity contribution in [3.05, 3.63) is 11.3 Å². The summed E-state index contributed by atoms with van der Waals surface area (Å²) < 4.78 is 1.88. The Morgan fingerprint density at radius 2 is 2.26 bits per heavy atom. The maximum atomic E-state index is 9.39. The number of rotatable bonds is 2. The largest absolute Gasteiger partial charge is 0.352 e. The average Bonchev–Trinajstić information content (AvgIpc) is 3.00. The topological polar surface area (TPSA) is 56.9 Å². The summed E-state index contributed by atoms with van der Waals surface area (Å²) in [5.41, 5.74) is 1.58. The standard InChI is InChI=1S/C14H21N5/c1-4-13-12-7-16-6-10(12)8-19(13)14-11(5-15)9(2)17-18(14)3/h10,12-13,16H,4,6-8H2,1-3H3. The van der Waals surface area contributed by atoms with Crippen LogP contribution >= 0.6 is 0 Å². The zero-order valence-electron chi connectivity index (χ0n) is 11.8. The van der Waals surface area contributed by atoms with Gasteiger partial charge in [0.05, 0.1) is 5.69 Å². The number of aryl methyl sites for hydroxylation is 2. The van der Waals surface area contributed by atoms with Crippen LogP contribution in [0.2, 0.25) is 0 Å². The molecule has 2 saturated heterocycles. The third kappa shape index (κ3) is 1.74. The fraction of sp³-hybridized carbons (Fsp3) is 0.714. The second-order valence-corrected chi connectivity index (χ2v) is 5.73. The van der Waals surface area contributed by atoms with Gasteiger partial charge in [0.25, 0.3) is 0 Å². The van der Waals surface area contributed by atoms with Crippen LogP contribution in [0.5, 0.6) is 0 Å². The summed E-state index contributed by atoms with van der Waals surface area (Å²) in [4.78, 5) is 2.43. The Morgan fingerprint density at radius 3 is 2.95 bits per heavy atom. The quantitative estimate of drug-likeness (QED) is 0.862. The van der Waals surface area contributed by atoms with Crippen molar-refractivity contribution in [2.24, 2.45) is 18.9 Å². The Kier molecular flexibility index (Phi) is 2.98. The van der Waals surface area contributed by atoms with E-state index >= 15 is 0 Å². The highest BCUT2D eigenvalue weighted by atomic mass is 15.4. The van der Waals surface area contributed by atoms with Crippen LogP contribution in [0.1, 0.15) is 24.6 Å². The van der Waals surface area contributed by atoms with Crippen LogP contribution in [0, 0.1) is 30.1 Å². The summed E-state index contributed by atoms with van der Waals surface area (Å²) in [6, 6.07) is 2.86. The van der Waals surface area contributed by atoms with Gasteiger partial charge in [-0.05, 0) is 25.2 Å². The second kappa shape index (κ2) is 4.53. The third-order valence-electron chi connectivity index (χ3n) is 4.71. The number of nitriles is 1. The van der Waals surface area contributed by atoms with Crippen molar-refractivity contribution in [2.75, 3.05) is 24.5 Å². The molecular formula is C14H21N5. The van der Waals surface area contributed by atoms with E-state index in [1.807, 2.05) is 18.7 Å². The van der Waals surface area contributed by atoms with Gasteiger partial charge in [0, 0.05) is 32.7 Å². The maximum absolute atomic E-state index is 9.39. The van der Waals surface area contributed by atoms with Gasteiger partial charge in [-0.25, -0.2) is 0 Å². The summed E-state index contributed by atoms with van der Waals surface area (Å²) >= 11 is 0. The molecule has 2 aliphatic rings. The van der Waals surface area contributed by atoms with E-state index in [0.29, 0.717) is 17.9 Å². The molecule has 3 unspecified atom stereocenters. The molecule has 102 valence electrons. The van der Waals surface area contributed by atoms with E-state index in [0.717, 1.165) is 43.1 Å². The Bertz CT molecular complexity index is 527. The molecular weight excluding hydrogens is 238 g/mol. The van der Waals surface area contributed by atoms with E-state index in [1.165, 1.54) is 0 Å². The molecule has 1 aromatic rings. The van der Waals surface area contributed by atoms with Crippen molar-refractivity contribution in [3.63, 3.8) is 0 Å². The Balaban J connectivity index is 2.01. The first-order valence-corrected chi connectivity index (χ1v) is 7.08. The first kappa shape index (κ1) is 12.5. The molecule has 1 N–H and O–H groups in total. The van der Waals surface area contributed by atoms with Crippen molar-refractivity contribution in [3.8, 4) is 6.07 Å². The van der Waals surface area contributed by atoms with Gasteiger partial charge in [0.15, 0.2) is 0 Å². The van der Waals surface area contributed by atoms with Gasteiger partial charge in [0.1, 0.15) is 17.5 Å². The Hall–Kier alpha value is -1.54. The lowest BCUT2D eigenvalue weighted by Crippen LogP contribution is -2.36. The molecule has 3 heterocycles. The summed E-state index contributed by atoms with van der Waals surface area (Å²) in [5.74, 6) is 2.44. The number of aromatic nitrogens is 2. The molecule has 0 amide bonds. The minimum absolute atomic E-state index is 0.530. The molecule has 19 heavy (non-hydrogen) atoms. The Labute approximate surface area is 114 Å². The molecule has 0 aromatic carbocycles. The lowest BCUT2D eigenvalue weighted by atomic mass is 9.93. The molecule has 1 aromatic heterocycles. The normalized spacial score (nSPS) is 29.6.